The van der Waals surface area contributed by atoms with E-state index in [4.69, 9.17) is 16.3 Å². The summed E-state index contributed by atoms with van der Waals surface area (Å²) in [7, 11) is 1.75. The van der Waals surface area contributed by atoms with Crippen molar-refractivity contribution in [2.24, 2.45) is 10.9 Å². The number of halogens is 1. The molecule has 0 spiro atoms. The molecule has 1 aromatic carbocycles. The van der Waals surface area contributed by atoms with Crippen LogP contribution in [-0.2, 0) is 9.53 Å². The highest BCUT2D eigenvalue weighted by molar-refractivity contribution is 6.30. The van der Waals surface area contributed by atoms with E-state index >= 15 is 0 Å². The number of nitrogens with one attached hydrogen (secondary N) is 2. The standard InChI is InChI=1S/C19H29ClN4O2/c1-3-21-19(24-12-10-15(13-24)14-26-2)22-11-4-5-18(25)23-17-8-6-16(20)7-9-17/h6-9,15H,3-5,10-14H2,1-2H3,(H,21,22)(H,23,25). The summed E-state index contributed by atoms with van der Waals surface area (Å²) in [5.41, 5.74) is 0.762. The number of carbonyl (C=O) groups is 1. The number of methoxy groups -OCH3 is 1. The summed E-state index contributed by atoms with van der Waals surface area (Å²) in [5.74, 6) is 1.49. The van der Waals surface area contributed by atoms with Crippen LogP contribution in [0.25, 0.3) is 0 Å². The van der Waals surface area contributed by atoms with Crippen LogP contribution in [0.5, 0.6) is 0 Å². The summed E-state index contributed by atoms with van der Waals surface area (Å²) in [6.07, 6.45) is 2.28. The molecule has 1 aliphatic heterocycles. The average Bonchev–Trinajstić information content (AvgIpc) is 3.08. The van der Waals surface area contributed by atoms with Crippen LogP contribution in [0.3, 0.4) is 0 Å². The molecule has 0 aromatic heterocycles. The molecule has 26 heavy (non-hydrogen) atoms. The molecule has 1 heterocycles. The lowest BCUT2D eigenvalue weighted by Gasteiger charge is -2.21. The first-order valence-electron chi connectivity index (χ1n) is 9.20. The highest BCUT2D eigenvalue weighted by Gasteiger charge is 2.24. The van der Waals surface area contributed by atoms with Crippen molar-refractivity contribution in [1.82, 2.24) is 10.2 Å². The fourth-order valence-corrected chi connectivity index (χ4v) is 3.13. The van der Waals surface area contributed by atoms with Crippen molar-refractivity contribution in [3.05, 3.63) is 29.3 Å². The Bertz CT molecular complexity index is 592. The Hall–Kier alpha value is -1.79. The Balaban J connectivity index is 1.75. The molecule has 0 saturated carbocycles. The van der Waals surface area contributed by atoms with Gasteiger partial charge in [-0.2, -0.15) is 0 Å². The second kappa shape index (κ2) is 11.0. The minimum atomic E-state index is -0.00569. The summed E-state index contributed by atoms with van der Waals surface area (Å²) >= 11 is 5.84. The van der Waals surface area contributed by atoms with Crippen LogP contribution in [-0.4, -0.2) is 56.7 Å². The summed E-state index contributed by atoms with van der Waals surface area (Å²) in [6, 6.07) is 7.12. The molecule has 0 bridgehead atoms. The van der Waals surface area contributed by atoms with Gasteiger partial charge in [0.1, 0.15) is 0 Å². The Morgan fingerprint density at radius 1 is 1.38 bits per heavy atom. The van der Waals surface area contributed by atoms with Gasteiger partial charge in [-0.15, -0.1) is 0 Å². The van der Waals surface area contributed by atoms with Crippen molar-refractivity contribution < 1.29 is 9.53 Å². The van der Waals surface area contributed by atoms with Crippen LogP contribution in [0, 0.1) is 5.92 Å². The topological polar surface area (TPSA) is 66.0 Å². The molecule has 6 nitrogen and oxygen atoms in total. The van der Waals surface area contributed by atoms with Crippen molar-refractivity contribution >= 4 is 29.2 Å². The number of benzene rings is 1. The van der Waals surface area contributed by atoms with Gasteiger partial charge in [0.2, 0.25) is 5.91 Å². The summed E-state index contributed by atoms with van der Waals surface area (Å²) in [6.45, 7) is 6.29. The maximum absolute atomic E-state index is 12.0. The van der Waals surface area contributed by atoms with Gasteiger partial charge >= 0.3 is 0 Å². The highest BCUT2D eigenvalue weighted by atomic mass is 35.5. The fraction of sp³-hybridized carbons (Fsp3) is 0.579. The molecule has 7 heteroatoms. The SMILES string of the molecule is CCNC(=NCCCC(=O)Nc1ccc(Cl)cc1)N1CCC(COC)C1. The van der Waals surface area contributed by atoms with Crippen molar-refractivity contribution in [1.29, 1.82) is 0 Å². The van der Waals surface area contributed by atoms with Gasteiger partial charge in [-0.3, -0.25) is 9.79 Å². The molecule has 2 rings (SSSR count). The smallest absolute Gasteiger partial charge is 0.224 e. The van der Waals surface area contributed by atoms with Crippen molar-refractivity contribution in [2.45, 2.75) is 26.2 Å². The van der Waals surface area contributed by atoms with Crippen molar-refractivity contribution in [3.8, 4) is 0 Å². The Morgan fingerprint density at radius 2 is 2.15 bits per heavy atom. The zero-order valence-corrected chi connectivity index (χ0v) is 16.4. The molecular formula is C19H29ClN4O2. The molecule has 1 aliphatic rings. The largest absolute Gasteiger partial charge is 0.384 e. The van der Waals surface area contributed by atoms with Crippen LogP contribution in [0.4, 0.5) is 5.69 Å². The molecule has 1 amide bonds. The third-order valence-electron chi connectivity index (χ3n) is 4.27. The first-order chi connectivity index (χ1) is 12.6. The predicted molar refractivity (Wildman–Crippen MR) is 107 cm³/mol. The zero-order chi connectivity index (χ0) is 18.8. The van der Waals surface area contributed by atoms with E-state index in [9.17, 15) is 4.79 Å². The van der Waals surface area contributed by atoms with Gasteiger partial charge in [0.25, 0.3) is 0 Å². The van der Waals surface area contributed by atoms with Gasteiger partial charge in [0.15, 0.2) is 5.96 Å². The molecule has 1 aromatic rings. The summed E-state index contributed by atoms with van der Waals surface area (Å²) < 4.78 is 5.26. The lowest BCUT2D eigenvalue weighted by molar-refractivity contribution is -0.116. The monoisotopic (exact) mass is 380 g/mol. The normalized spacial score (nSPS) is 17.4. The minimum absolute atomic E-state index is 0.00569. The third kappa shape index (κ3) is 6.84. The number of hydrogen-bond acceptors (Lipinski definition) is 3. The van der Waals surface area contributed by atoms with E-state index in [2.05, 4.69) is 27.4 Å². The molecule has 1 fully saturated rings. The number of likely N-dealkylation sites (tertiary alicyclic amines) is 1. The molecular weight excluding hydrogens is 352 g/mol. The number of guanidine groups is 1. The number of carbonyl (C=O) groups excluding carboxylic acids is 1. The third-order valence-corrected chi connectivity index (χ3v) is 4.53. The Kier molecular flexibility index (Phi) is 8.71. The lowest BCUT2D eigenvalue weighted by Crippen LogP contribution is -2.40. The molecule has 1 atom stereocenters. The molecule has 1 saturated heterocycles. The Morgan fingerprint density at radius 3 is 2.85 bits per heavy atom. The maximum atomic E-state index is 12.0. The highest BCUT2D eigenvalue weighted by Crippen LogP contribution is 2.16. The first-order valence-corrected chi connectivity index (χ1v) is 9.57. The predicted octanol–water partition coefficient (Wildman–Crippen LogP) is 2.99. The minimum Gasteiger partial charge on any atom is -0.384 e. The number of hydrogen-bond donors (Lipinski definition) is 2. The first kappa shape index (κ1) is 20.5. The van der Waals surface area contributed by atoms with Crippen molar-refractivity contribution in [2.75, 3.05) is 45.2 Å². The zero-order valence-electron chi connectivity index (χ0n) is 15.6. The van der Waals surface area contributed by atoms with Crippen LogP contribution in [0.2, 0.25) is 5.02 Å². The summed E-state index contributed by atoms with van der Waals surface area (Å²) in [4.78, 5) is 19.0. The van der Waals surface area contributed by atoms with E-state index in [-0.39, 0.29) is 5.91 Å². The Labute approximate surface area is 161 Å². The lowest BCUT2D eigenvalue weighted by atomic mass is 10.1. The summed E-state index contributed by atoms with van der Waals surface area (Å²) in [5, 5.41) is 6.87. The van der Waals surface area contributed by atoms with E-state index in [1.807, 2.05) is 0 Å². The van der Waals surface area contributed by atoms with Gasteiger partial charge < -0.3 is 20.3 Å². The van der Waals surface area contributed by atoms with E-state index in [1.165, 1.54) is 0 Å². The number of amides is 1. The van der Waals surface area contributed by atoms with E-state index < -0.39 is 0 Å². The number of rotatable bonds is 8. The van der Waals surface area contributed by atoms with Crippen LogP contribution in [0.1, 0.15) is 26.2 Å². The molecule has 144 valence electrons. The maximum Gasteiger partial charge on any atom is 0.224 e. The van der Waals surface area contributed by atoms with Gasteiger partial charge in [-0.25, -0.2) is 0 Å². The van der Waals surface area contributed by atoms with Gasteiger partial charge in [0.05, 0.1) is 6.61 Å². The van der Waals surface area contributed by atoms with E-state index in [0.29, 0.717) is 30.3 Å². The van der Waals surface area contributed by atoms with Crippen LogP contribution in [0.15, 0.2) is 29.3 Å². The number of anilines is 1. The molecule has 2 N–H and O–H groups in total. The second-order valence-corrected chi connectivity index (χ2v) is 6.89. The van der Waals surface area contributed by atoms with Crippen LogP contribution >= 0.6 is 11.6 Å². The number of ether oxygens (including phenoxy) is 1. The van der Waals surface area contributed by atoms with Crippen molar-refractivity contribution in [3.63, 3.8) is 0 Å². The quantitative estimate of drug-likeness (QED) is 0.413. The number of aliphatic imine (C=N–C) groups is 1. The fourth-order valence-electron chi connectivity index (χ4n) is 3.00. The van der Waals surface area contributed by atoms with Gasteiger partial charge in [-0.05, 0) is 44.0 Å². The van der Waals surface area contributed by atoms with Crippen LogP contribution < -0.4 is 10.6 Å². The molecule has 0 radical (unpaired) electrons. The molecule has 0 aliphatic carbocycles. The van der Waals surface area contributed by atoms with E-state index in [1.54, 1.807) is 31.4 Å². The average molecular weight is 381 g/mol. The molecule has 1 unspecified atom stereocenters. The van der Waals surface area contributed by atoms with E-state index in [0.717, 1.165) is 44.3 Å². The number of nitrogens with zero attached hydrogens (tertiary/aromatic N) is 2. The van der Waals surface area contributed by atoms with Gasteiger partial charge in [-0.1, -0.05) is 11.6 Å². The van der Waals surface area contributed by atoms with Gasteiger partial charge in [0, 0.05) is 56.3 Å². The second-order valence-electron chi connectivity index (χ2n) is 6.45.